The Bertz CT molecular complexity index is 1430. The van der Waals surface area contributed by atoms with Gasteiger partial charge in [0, 0.05) is 0 Å². The molecule has 1 heterocycles. The van der Waals surface area contributed by atoms with Crippen LogP contribution >= 0.6 is 0 Å². The maximum Gasteiger partial charge on any atom is 0.331 e. The number of fused-ring (bicyclic) bond motifs is 1. The van der Waals surface area contributed by atoms with Gasteiger partial charge < -0.3 is 18.9 Å². The highest BCUT2D eigenvalue weighted by molar-refractivity contribution is 6.22. The van der Waals surface area contributed by atoms with E-state index in [0.717, 1.165) is 4.90 Å². The lowest BCUT2D eigenvalue weighted by atomic mass is 10.0. The van der Waals surface area contributed by atoms with Crippen LogP contribution in [0.25, 0.3) is 11.6 Å². The predicted octanol–water partition coefficient (Wildman–Crippen LogP) is 3.98. The average molecular weight is 498 g/mol. The molecular formula is C28H22N2O7. The van der Waals surface area contributed by atoms with Gasteiger partial charge in [-0.15, -0.1) is 0 Å². The van der Waals surface area contributed by atoms with E-state index < -0.39 is 24.3 Å². The minimum atomic E-state index is -0.806. The molecule has 0 unspecified atom stereocenters. The van der Waals surface area contributed by atoms with Gasteiger partial charge in [0.25, 0.3) is 11.8 Å². The molecule has 1 aliphatic rings. The average Bonchev–Trinajstić information content (AvgIpc) is 3.16. The Morgan fingerprint density at radius 2 is 1.43 bits per heavy atom. The Morgan fingerprint density at radius 1 is 0.838 bits per heavy atom. The van der Waals surface area contributed by atoms with Crippen LogP contribution in [0, 0.1) is 11.3 Å². The quantitative estimate of drug-likeness (QED) is 0.151. The van der Waals surface area contributed by atoms with Crippen molar-refractivity contribution in [3.63, 3.8) is 0 Å². The summed E-state index contributed by atoms with van der Waals surface area (Å²) < 4.78 is 21.3. The summed E-state index contributed by atoms with van der Waals surface area (Å²) in [5.41, 5.74) is 2.09. The highest BCUT2D eigenvalue weighted by atomic mass is 16.6. The molecule has 0 N–H and O–H groups in total. The Kier molecular flexibility index (Phi) is 7.21. The molecule has 0 bridgehead atoms. The molecule has 0 fully saturated rings. The van der Waals surface area contributed by atoms with Crippen molar-refractivity contribution >= 4 is 29.4 Å². The van der Waals surface area contributed by atoms with Gasteiger partial charge in [0.15, 0.2) is 23.0 Å². The summed E-state index contributed by atoms with van der Waals surface area (Å²) in [4.78, 5) is 38.5. The smallest absolute Gasteiger partial charge is 0.331 e. The van der Waals surface area contributed by atoms with Crippen LogP contribution in [0.4, 0.5) is 0 Å². The SMILES string of the molecule is COc1ccc(/C(C#N)=C\c2ccc(OC(=O)CN3C(=O)c4ccccc4C3=O)c(OC)c2)cc1OC. The highest BCUT2D eigenvalue weighted by Crippen LogP contribution is 2.33. The first kappa shape index (κ1) is 25.0. The molecule has 0 aliphatic carbocycles. The number of nitrogens with zero attached hydrogens (tertiary/aromatic N) is 2. The summed E-state index contributed by atoms with van der Waals surface area (Å²) in [5.74, 6) is -0.552. The Balaban J connectivity index is 1.52. The molecule has 2 amide bonds. The molecule has 0 atom stereocenters. The van der Waals surface area contributed by atoms with E-state index in [2.05, 4.69) is 6.07 Å². The van der Waals surface area contributed by atoms with Gasteiger partial charge >= 0.3 is 5.97 Å². The summed E-state index contributed by atoms with van der Waals surface area (Å²) in [6.45, 7) is -0.547. The molecule has 37 heavy (non-hydrogen) atoms. The number of amides is 2. The van der Waals surface area contributed by atoms with E-state index in [1.54, 1.807) is 48.5 Å². The van der Waals surface area contributed by atoms with Gasteiger partial charge in [-0.1, -0.05) is 18.2 Å². The van der Waals surface area contributed by atoms with Gasteiger partial charge in [0.2, 0.25) is 0 Å². The Hall–Kier alpha value is -5.10. The number of esters is 1. The van der Waals surface area contributed by atoms with Crippen molar-refractivity contribution in [2.45, 2.75) is 0 Å². The fourth-order valence-electron chi connectivity index (χ4n) is 3.88. The second-order valence-electron chi connectivity index (χ2n) is 7.87. The third-order valence-corrected chi connectivity index (χ3v) is 5.70. The first-order chi connectivity index (χ1) is 17.9. The molecule has 0 saturated heterocycles. The Labute approximate surface area is 213 Å². The van der Waals surface area contributed by atoms with Gasteiger partial charge in [0.1, 0.15) is 6.54 Å². The molecule has 3 aromatic carbocycles. The molecule has 0 aromatic heterocycles. The summed E-state index contributed by atoms with van der Waals surface area (Å²) in [7, 11) is 4.44. The number of allylic oxidation sites excluding steroid dienone is 1. The molecule has 1 aliphatic heterocycles. The molecule has 9 nitrogen and oxygen atoms in total. The monoisotopic (exact) mass is 498 g/mol. The minimum Gasteiger partial charge on any atom is -0.493 e. The maximum atomic E-state index is 12.6. The van der Waals surface area contributed by atoms with Crippen molar-refractivity contribution in [2.24, 2.45) is 0 Å². The van der Waals surface area contributed by atoms with Crippen LogP contribution in [0.15, 0.2) is 60.7 Å². The number of hydrogen-bond acceptors (Lipinski definition) is 8. The lowest BCUT2D eigenvalue weighted by Crippen LogP contribution is -2.36. The lowest BCUT2D eigenvalue weighted by molar-refractivity contribution is -0.134. The van der Waals surface area contributed by atoms with E-state index in [-0.39, 0.29) is 22.6 Å². The van der Waals surface area contributed by atoms with Gasteiger partial charge in [-0.05, 0) is 59.7 Å². The molecule has 3 aromatic rings. The summed E-state index contributed by atoms with van der Waals surface area (Å²) in [6, 6.07) is 18.4. The number of carbonyl (C=O) groups excluding carboxylic acids is 3. The van der Waals surface area contributed by atoms with Crippen molar-refractivity contribution in [3.8, 4) is 29.1 Å². The van der Waals surface area contributed by atoms with E-state index in [0.29, 0.717) is 28.2 Å². The first-order valence-electron chi connectivity index (χ1n) is 11.1. The molecule has 0 spiro atoms. The number of ether oxygens (including phenoxy) is 4. The number of benzene rings is 3. The summed E-state index contributed by atoms with van der Waals surface area (Å²) in [6.07, 6.45) is 1.65. The molecule has 0 radical (unpaired) electrons. The van der Waals surface area contributed by atoms with Gasteiger partial charge in [-0.25, -0.2) is 4.79 Å². The fourth-order valence-corrected chi connectivity index (χ4v) is 3.88. The van der Waals surface area contributed by atoms with E-state index in [1.165, 1.54) is 39.5 Å². The minimum absolute atomic E-state index is 0.103. The zero-order valence-electron chi connectivity index (χ0n) is 20.3. The number of carbonyl (C=O) groups is 3. The van der Waals surface area contributed by atoms with Gasteiger partial charge in [-0.2, -0.15) is 5.26 Å². The van der Waals surface area contributed by atoms with Crippen LogP contribution < -0.4 is 18.9 Å². The number of imide groups is 1. The Morgan fingerprint density at radius 3 is 2.03 bits per heavy atom. The van der Waals surface area contributed by atoms with Crippen LogP contribution in [0.1, 0.15) is 31.8 Å². The van der Waals surface area contributed by atoms with E-state index >= 15 is 0 Å². The van der Waals surface area contributed by atoms with Crippen LogP contribution in [0.3, 0.4) is 0 Å². The predicted molar refractivity (Wildman–Crippen MR) is 133 cm³/mol. The third kappa shape index (κ3) is 4.99. The van der Waals surface area contributed by atoms with Gasteiger partial charge in [-0.3, -0.25) is 14.5 Å². The lowest BCUT2D eigenvalue weighted by Gasteiger charge is -2.14. The van der Waals surface area contributed by atoms with Crippen molar-refractivity contribution in [1.82, 2.24) is 4.90 Å². The van der Waals surface area contributed by atoms with Crippen LogP contribution in [-0.2, 0) is 4.79 Å². The highest BCUT2D eigenvalue weighted by Gasteiger charge is 2.36. The van der Waals surface area contributed by atoms with Crippen molar-refractivity contribution in [3.05, 3.63) is 82.9 Å². The maximum absolute atomic E-state index is 12.6. The summed E-state index contributed by atoms with van der Waals surface area (Å²) in [5, 5.41) is 9.72. The topological polar surface area (TPSA) is 115 Å². The zero-order valence-corrected chi connectivity index (χ0v) is 20.3. The van der Waals surface area contributed by atoms with E-state index in [9.17, 15) is 19.6 Å². The second-order valence-corrected chi connectivity index (χ2v) is 7.87. The number of nitriles is 1. The van der Waals surface area contributed by atoms with Crippen LogP contribution in [-0.4, -0.2) is 50.6 Å². The fraction of sp³-hybridized carbons (Fsp3) is 0.143. The number of methoxy groups -OCH3 is 3. The van der Waals surface area contributed by atoms with E-state index in [1.807, 2.05) is 0 Å². The van der Waals surface area contributed by atoms with Gasteiger partial charge in [0.05, 0.1) is 44.1 Å². The molecule has 9 heteroatoms. The largest absolute Gasteiger partial charge is 0.493 e. The second kappa shape index (κ2) is 10.7. The standard InChI is InChI=1S/C28H22N2O7/c1-34-22-11-9-18(14-25(22)36-3)19(15-29)12-17-8-10-23(24(13-17)35-2)37-26(31)16-30-27(32)20-6-4-5-7-21(20)28(30)33/h4-14H,16H2,1-3H3/b19-12-. The molecule has 186 valence electrons. The number of hydrogen-bond donors (Lipinski definition) is 0. The van der Waals surface area contributed by atoms with E-state index in [4.69, 9.17) is 18.9 Å². The van der Waals surface area contributed by atoms with Crippen molar-refractivity contribution in [2.75, 3.05) is 27.9 Å². The first-order valence-corrected chi connectivity index (χ1v) is 11.1. The molecule has 4 rings (SSSR count). The molecule has 0 saturated carbocycles. The zero-order chi connectivity index (χ0) is 26.5. The van der Waals surface area contributed by atoms with Crippen molar-refractivity contribution < 1.29 is 33.3 Å². The van der Waals surface area contributed by atoms with Crippen molar-refractivity contribution in [1.29, 1.82) is 5.26 Å². The van der Waals surface area contributed by atoms with Crippen LogP contribution in [0.5, 0.6) is 23.0 Å². The third-order valence-electron chi connectivity index (χ3n) is 5.70. The summed E-state index contributed by atoms with van der Waals surface area (Å²) >= 11 is 0. The molecular weight excluding hydrogens is 476 g/mol. The normalized spacial score (nSPS) is 12.6. The number of rotatable bonds is 8. The van der Waals surface area contributed by atoms with Crippen LogP contribution in [0.2, 0.25) is 0 Å².